The minimum atomic E-state index is -0.230. The fourth-order valence-corrected chi connectivity index (χ4v) is 2.43. The van der Waals surface area contributed by atoms with Gasteiger partial charge in [0, 0.05) is 26.0 Å². The highest BCUT2D eigenvalue weighted by molar-refractivity contribution is 6.04. The molecule has 3 aromatic heterocycles. The molecule has 1 N–H and O–H groups in total. The molecule has 0 bridgehead atoms. The zero-order valence-electron chi connectivity index (χ0n) is 14.7. The van der Waals surface area contributed by atoms with Crippen molar-refractivity contribution in [1.29, 1.82) is 0 Å². The minimum Gasteiger partial charge on any atom is -0.363 e. The number of anilines is 2. The van der Waals surface area contributed by atoms with E-state index in [0.29, 0.717) is 17.1 Å². The van der Waals surface area contributed by atoms with Crippen molar-refractivity contribution in [2.75, 3.05) is 24.3 Å². The number of nitrogens with one attached hydrogen (secondary N) is 1. The predicted molar refractivity (Wildman–Crippen MR) is 97.4 cm³/mol. The highest BCUT2D eigenvalue weighted by atomic mass is 16.1. The van der Waals surface area contributed by atoms with Gasteiger partial charge in [-0.15, -0.1) is 0 Å². The Morgan fingerprint density at radius 3 is 2.40 bits per heavy atom. The minimum absolute atomic E-state index is 0.230. The predicted octanol–water partition coefficient (Wildman–Crippen LogP) is 2.60. The maximum absolute atomic E-state index is 12.3. The maximum atomic E-state index is 12.3. The Hall–Kier alpha value is -3.22. The van der Waals surface area contributed by atoms with Crippen LogP contribution in [0.5, 0.6) is 0 Å². The van der Waals surface area contributed by atoms with Crippen LogP contribution in [0.1, 0.15) is 21.7 Å². The Balaban J connectivity index is 1.73. The van der Waals surface area contributed by atoms with Crippen LogP contribution in [0.3, 0.4) is 0 Å². The largest absolute Gasteiger partial charge is 0.363 e. The van der Waals surface area contributed by atoms with Crippen LogP contribution in [0.4, 0.5) is 11.5 Å². The van der Waals surface area contributed by atoms with Gasteiger partial charge in [-0.25, -0.2) is 14.6 Å². The Labute approximate surface area is 146 Å². The van der Waals surface area contributed by atoms with Crippen LogP contribution in [0, 0.1) is 13.8 Å². The van der Waals surface area contributed by atoms with Gasteiger partial charge in [0.25, 0.3) is 5.91 Å². The fraction of sp³-hybridized carbons (Fsp3) is 0.222. The summed E-state index contributed by atoms with van der Waals surface area (Å²) in [5.41, 5.74) is 3.03. The van der Waals surface area contributed by atoms with Gasteiger partial charge in [0.05, 0.1) is 23.1 Å². The Bertz CT molecular complexity index is 881. The first-order valence-electron chi connectivity index (χ1n) is 7.88. The first-order chi connectivity index (χ1) is 11.9. The third-order valence-electron chi connectivity index (χ3n) is 3.70. The summed E-state index contributed by atoms with van der Waals surface area (Å²) in [5, 5.41) is 7.20. The Kier molecular flexibility index (Phi) is 4.47. The molecule has 0 aliphatic carbocycles. The van der Waals surface area contributed by atoms with Gasteiger partial charge in [-0.1, -0.05) is 0 Å². The van der Waals surface area contributed by atoms with E-state index in [4.69, 9.17) is 0 Å². The molecule has 0 aliphatic heterocycles. The first-order valence-corrected chi connectivity index (χ1v) is 7.88. The summed E-state index contributed by atoms with van der Waals surface area (Å²) in [4.78, 5) is 22.9. The number of pyridine rings is 2. The third kappa shape index (κ3) is 3.65. The summed E-state index contributed by atoms with van der Waals surface area (Å²) in [6.07, 6.45) is 3.17. The summed E-state index contributed by atoms with van der Waals surface area (Å²) in [6, 6.07) is 9.15. The first kappa shape index (κ1) is 16.6. The molecule has 0 aliphatic rings. The van der Waals surface area contributed by atoms with Crippen LogP contribution in [-0.2, 0) is 0 Å². The number of aromatic nitrogens is 4. The molecule has 128 valence electrons. The van der Waals surface area contributed by atoms with Crippen molar-refractivity contribution in [3.05, 3.63) is 59.7 Å². The summed E-state index contributed by atoms with van der Waals surface area (Å²) in [7, 11) is 3.83. The molecule has 7 heteroatoms. The van der Waals surface area contributed by atoms with Crippen LogP contribution in [0.25, 0.3) is 5.82 Å². The van der Waals surface area contributed by atoms with E-state index in [2.05, 4.69) is 20.4 Å². The number of hydrogen-bond acceptors (Lipinski definition) is 5. The zero-order valence-corrected chi connectivity index (χ0v) is 14.7. The SMILES string of the molecule is Cc1cc(C)n(-c2ccc(C(=O)Nc3ccc(N(C)C)nc3)cn2)n1. The van der Waals surface area contributed by atoms with Gasteiger partial charge in [0.15, 0.2) is 5.82 Å². The number of carbonyl (C=O) groups is 1. The second-order valence-electron chi connectivity index (χ2n) is 6.00. The average Bonchev–Trinajstić information content (AvgIpc) is 2.94. The van der Waals surface area contributed by atoms with Crippen molar-refractivity contribution in [1.82, 2.24) is 19.7 Å². The van der Waals surface area contributed by atoms with Gasteiger partial charge in [0.2, 0.25) is 0 Å². The number of nitrogens with zero attached hydrogens (tertiary/aromatic N) is 5. The Morgan fingerprint density at radius 2 is 1.88 bits per heavy atom. The quantitative estimate of drug-likeness (QED) is 0.792. The molecule has 3 aromatic rings. The summed E-state index contributed by atoms with van der Waals surface area (Å²) in [6.45, 7) is 3.90. The molecule has 0 saturated heterocycles. The van der Waals surface area contributed by atoms with E-state index in [9.17, 15) is 4.79 Å². The van der Waals surface area contributed by atoms with Crippen molar-refractivity contribution in [2.24, 2.45) is 0 Å². The molecule has 0 radical (unpaired) electrons. The van der Waals surface area contributed by atoms with Gasteiger partial charge in [-0.2, -0.15) is 5.10 Å². The van der Waals surface area contributed by atoms with Crippen molar-refractivity contribution < 1.29 is 4.79 Å². The molecule has 3 rings (SSSR count). The summed E-state index contributed by atoms with van der Waals surface area (Å²) < 4.78 is 1.75. The molecular weight excluding hydrogens is 316 g/mol. The smallest absolute Gasteiger partial charge is 0.257 e. The molecule has 1 amide bonds. The van der Waals surface area contributed by atoms with Crippen molar-refractivity contribution in [2.45, 2.75) is 13.8 Å². The lowest BCUT2D eigenvalue weighted by Gasteiger charge is -2.11. The van der Waals surface area contributed by atoms with Crippen LogP contribution in [-0.4, -0.2) is 39.8 Å². The van der Waals surface area contributed by atoms with E-state index >= 15 is 0 Å². The number of hydrogen-bond donors (Lipinski definition) is 1. The number of aryl methyl sites for hydroxylation is 2. The number of amides is 1. The van der Waals surface area contributed by atoms with E-state index in [1.54, 1.807) is 29.2 Å². The molecule has 0 spiro atoms. The van der Waals surface area contributed by atoms with Crippen LogP contribution in [0.15, 0.2) is 42.7 Å². The lowest BCUT2D eigenvalue weighted by molar-refractivity contribution is 0.102. The van der Waals surface area contributed by atoms with E-state index in [-0.39, 0.29) is 5.91 Å². The second kappa shape index (κ2) is 6.72. The monoisotopic (exact) mass is 336 g/mol. The van der Waals surface area contributed by atoms with Crippen molar-refractivity contribution in [3.63, 3.8) is 0 Å². The number of carbonyl (C=O) groups excluding carboxylic acids is 1. The van der Waals surface area contributed by atoms with Crippen molar-refractivity contribution >= 4 is 17.4 Å². The third-order valence-corrected chi connectivity index (χ3v) is 3.70. The van der Waals surface area contributed by atoms with E-state index in [1.165, 1.54) is 0 Å². The molecular formula is C18H20N6O. The second-order valence-corrected chi connectivity index (χ2v) is 6.00. The molecule has 0 unspecified atom stereocenters. The summed E-state index contributed by atoms with van der Waals surface area (Å²) in [5.74, 6) is 1.28. The van der Waals surface area contributed by atoms with E-state index in [1.807, 2.05) is 51.0 Å². The van der Waals surface area contributed by atoms with Gasteiger partial charge in [-0.3, -0.25) is 4.79 Å². The van der Waals surface area contributed by atoms with Crippen LogP contribution >= 0.6 is 0 Å². The van der Waals surface area contributed by atoms with Gasteiger partial charge in [-0.05, 0) is 44.2 Å². The highest BCUT2D eigenvalue weighted by Crippen LogP contribution is 2.14. The van der Waals surface area contributed by atoms with Gasteiger partial charge >= 0.3 is 0 Å². The highest BCUT2D eigenvalue weighted by Gasteiger charge is 2.10. The topological polar surface area (TPSA) is 75.9 Å². The molecule has 0 atom stereocenters. The molecule has 3 heterocycles. The average molecular weight is 336 g/mol. The Morgan fingerprint density at radius 1 is 1.08 bits per heavy atom. The van der Waals surface area contributed by atoms with Crippen molar-refractivity contribution in [3.8, 4) is 5.82 Å². The van der Waals surface area contributed by atoms with Crippen LogP contribution in [0.2, 0.25) is 0 Å². The van der Waals surface area contributed by atoms with Crippen LogP contribution < -0.4 is 10.2 Å². The standard InChI is InChI=1S/C18H20N6O/c1-12-9-13(2)24(22-12)17-7-5-14(10-19-17)18(25)21-15-6-8-16(20-11-15)23(3)4/h5-11H,1-4H3,(H,21,25). The zero-order chi connectivity index (χ0) is 18.0. The van der Waals surface area contributed by atoms with Gasteiger partial charge < -0.3 is 10.2 Å². The molecule has 25 heavy (non-hydrogen) atoms. The fourth-order valence-electron chi connectivity index (χ4n) is 2.43. The van der Waals surface area contributed by atoms with E-state index in [0.717, 1.165) is 17.2 Å². The molecule has 0 fully saturated rings. The van der Waals surface area contributed by atoms with E-state index < -0.39 is 0 Å². The summed E-state index contributed by atoms with van der Waals surface area (Å²) >= 11 is 0. The molecule has 7 nitrogen and oxygen atoms in total. The lowest BCUT2D eigenvalue weighted by atomic mass is 10.2. The molecule has 0 saturated carbocycles. The number of rotatable bonds is 4. The molecule has 0 aromatic carbocycles. The lowest BCUT2D eigenvalue weighted by Crippen LogP contribution is -2.14. The normalized spacial score (nSPS) is 10.6. The van der Waals surface area contributed by atoms with Gasteiger partial charge in [0.1, 0.15) is 5.82 Å². The maximum Gasteiger partial charge on any atom is 0.257 e.